The zero-order valence-corrected chi connectivity index (χ0v) is 11.8. The topological polar surface area (TPSA) is 86.1 Å². The Morgan fingerprint density at radius 1 is 1.14 bits per heavy atom. The summed E-state index contributed by atoms with van der Waals surface area (Å²) in [5.41, 5.74) is 9.11. The van der Waals surface area contributed by atoms with Gasteiger partial charge in [0.25, 0.3) is 0 Å². The first-order valence-electron chi connectivity index (χ1n) is 6.56. The first-order valence-corrected chi connectivity index (χ1v) is 6.56. The molecule has 0 saturated heterocycles. The van der Waals surface area contributed by atoms with Gasteiger partial charge in [-0.25, -0.2) is 4.73 Å². The molecule has 1 heterocycles. The number of nitrogens with zero attached hydrogens (tertiary/aromatic N) is 2. The fourth-order valence-corrected chi connectivity index (χ4v) is 2.41. The summed E-state index contributed by atoms with van der Waals surface area (Å²) in [7, 11) is 0. The van der Waals surface area contributed by atoms with Crippen LogP contribution in [0.1, 0.15) is 11.1 Å². The molecular formula is C16H15N3O2. The van der Waals surface area contributed by atoms with Gasteiger partial charge in [-0.3, -0.25) is 0 Å². The van der Waals surface area contributed by atoms with E-state index in [0.29, 0.717) is 39.1 Å². The molecule has 0 saturated carbocycles. The fourth-order valence-electron chi connectivity index (χ4n) is 2.41. The first-order chi connectivity index (χ1) is 9.95. The largest absolute Gasteiger partial charge is 0.710 e. The van der Waals surface area contributed by atoms with E-state index in [4.69, 9.17) is 5.73 Å². The Balaban J connectivity index is 2.25. The van der Waals surface area contributed by atoms with Crippen LogP contribution in [-0.2, 0) is 0 Å². The Kier molecular flexibility index (Phi) is 2.90. The molecule has 0 aliphatic heterocycles. The van der Waals surface area contributed by atoms with Crippen molar-refractivity contribution in [3.05, 3.63) is 52.9 Å². The number of benzene rings is 2. The number of anilines is 1. The number of aromatic nitrogens is 2. The normalized spacial score (nSPS) is 11.0. The molecule has 0 spiro atoms. The van der Waals surface area contributed by atoms with Gasteiger partial charge in [0.05, 0.1) is 10.9 Å². The van der Waals surface area contributed by atoms with Gasteiger partial charge in [-0.15, -0.1) is 0 Å². The predicted molar refractivity (Wildman–Crippen MR) is 81.7 cm³/mol. The van der Waals surface area contributed by atoms with Crippen LogP contribution in [0, 0.1) is 19.1 Å². The van der Waals surface area contributed by atoms with Crippen LogP contribution in [-0.4, -0.2) is 10.1 Å². The van der Waals surface area contributed by atoms with Crippen molar-refractivity contribution < 1.29 is 9.84 Å². The van der Waals surface area contributed by atoms with Gasteiger partial charge < -0.3 is 16.0 Å². The highest BCUT2D eigenvalue weighted by Crippen LogP contribution is 2.27. The number of phenols is 1. The van der Waals surface area contributed by atoms with Crippen LogP contribution in [0.4, 0.5) is 5.69 Å². The molecule has 3 aromatic rings. The summed E-state index contributed by atoms with van der Waals surface area (Å²) in [6, 6.07) is 8.76. The predicted octanol–water partition coefficient (Wildman–Crippen LogP) is 2.44. The summed E-state index contributed by atoms with van der Waals surface area (Å²) in [5, 5.41) is 22.7. The fraction of sp³-hybridized carbons (Fsp3) is 0.125. The molecule has 0 amide bonds. The molecule has 0 fully saturated rings. The van der Waals surface area contributed by atoms with Crippen molar-refractivity contribution in [2.24, 2.45) is 0 Å². The van der Waals surface area contributed by atoms with Crippen LogP contribution in [0.3, 0.4) is 0 Å². The number of aromatic hydroxyl groups is 1. The molecule has 0 radical (unpaired) electrons. The maximum absolute atomic E-state index is 12.2. The summed E-state index contributed by atoms with van der Waals surface area (Å²) in [6.45, 7) is 3.59. The van der Waals surface area contributed by atoms with E-state index in [9.17, 15) is 10.3 Å². The maximum Gasteiger partial charge on any atom is 0.333 e. The van der Waals surface area contributed by atoms with Gasteiger partial charge in [0.1, 0.15) is 11.9 Å². The standard InChI is InChI=1S/C16H15N3O2/c1-9-5-11(6-10(2)15(9)20)16-18-14-4-3-13(17)7-12(14)8-19(16)21/h3-8,20H,17H2,1-2H3. The van der Waals surface area contributed by atoms with Crippen LogP contribution in [0.25, 0.3) is 22.3 Å². The van der Waals surface area contributed by atoms with Crippen molar-refractivity contribution in [2.75, 3.05) is 5.73 Å². The van der Waals surface area contributed by atoms with Crippen molar-refractivity contribution in [1.82, 2.24) is 4.98 Å². The van der Waals surface area contributed by atoms with E-state index in [2.05, 4.69) is 4.98 Å². The Morgan fingerprint density at radius 2 is 1.81 bits per heavy atom. The average Bonchev–Trinajstić information content (AvgIpc) is 2.43. The Labute approximate surface area is 121 Å². The van der Waals surface area contributed by atoms with Gasteiger partial charge in [-0.2, -0.15) is 0 Å². The molecule has 0 unspecified atom stereocenters. The lowest BCUT2D eigenvalue weighted by Gasteiger charge is -2.09. The van der Waals surface area contributed by atoms with Crippen molar-refractivity contribution in [3.63, 3.8) is 0 Å². The number of hydrogen-bond acceptors (Lipinski definition) is 4. The number of hydrogen-bond donors (Lipinski definition) is 2. The van der Waals surface area contributed by atoms with Crippen molar-refractivity contribution in [2.45, 2.75) is 13.8 Å². The molecule has 3 rings (SSSR count). The number of fused-ring (bicyclic) bond motifs is 1. The number of aryl methyl sites for hydroxylation is 2. The summed E-state index contributed by atoms with van der Waals surface area (Å²) in [4.78, 5) is 4.41. The van der Waals surface area contributed by atoms with Crippen molar-refractivity contribution in [3.8, 4) is 17.1 Å². The Bertz CT molecular complexity index is 837. The number of rotatable bonds is 1. The second kappa shape index (κ2) is 4.63. The molecule has 5 heteroatoms. The van der Waals surface area contributed by atoms with E-state index >= 15 is 0 Å². The zero-order valence-electron chi connectivity index (χ0n) is 11.8. The molecule has 2 aromatic carbocycles. The van der Waals surface area contributed by atoms with Gasteiger partial charge in [-0.1, -0.05) is 0 Å². The molecule has 0 atom stereocenters. The highest BCUT2D eigenvalue weighted by atomic mass is 16.5. The number of nitrogens with two attached hydrogens (primary N) is 1. The highest BCUT2D eigenvalue weighted by molar-refractivity contribution is 5.81. The minimum absolute atomic E-state index is 0.241. The molecule has 0 aliphatic carbocycles. The number of nitrogen functional groups attached to an aromatic ring is 1. The van der Waals surface area contributed by atoms with E-state index in [1.54, 1.807) is 44.2 Å². The molecule has 106 valence electrons. The quantitative estimate of drug-likeness (QED) is 0.407. The van der Waals surface area contributed by atoms with Gasteiger partial charge >= 0.3 is 5.82 Å². The van der Waals surface area contributed by atoms with E-state index in [-0.39, 0.29) is 5.75 Å². The zero-order chi connectivity index (χ0) is 15.1. The average molecular weight is 281 g/mol. The second-order valence-electron chi connectivity index (χ2n) is 5.17. The molecule has 0 bridgehead atoms. The third kappa shape index (κ3) is 2.23. The minimum Gasteiger partial charge on any atom is -0.710 e. The Hall–Kier alpha value is -2.82. The van der Waals surface area contributed by atoms with E-state index in [0.717, 1.165) is 4.73 Å². The van der Waals surface area contributed by atoms with Crippen LogP contribution in [0.15, 0.2) is 36.5 Å². The molecule has 21 heavy (non-hydrogen) atoms. The lowest BCUT2D eigenvalue weighted by atomic mass is 10.0. The third-order valence-corrected chi connectivity index (χ3v) is 3.49. The summed E-state index contributed by atoms with van der Waals surface area (Å²) in [5.74, 6) is 0.545. The molecule has 1 aromatic heterocycles. The summed E-state index contributed by atoms with van der Waals surface area (Å²) < 4.78 is 0.729. The Morgan fingerprint density at radius 3 is 2.48 bits per heavy atom. The van der Waals surface area contributed by atoms with Gasteiger partial charge in [0, 0.05) is 5.69 Å². The second-order valence-corrected chi connectivity index (χ2v) is 5.17. The van der Waals surface area contributed by atoms with Crippen LogP contribution < -0.4 is 10.5 Å². The highest BCUT2D eigenvalue weighted by Gasteiger charge is 2.16. The molecule has 0 aliphatic rings. The lowest BCUT2D eigenvalue weighted by molar-refractivity contribution is -0.595. The van der Waals surface area contributed by atoms with Crippen LogP contribution in [0.2, 0.25) is 0 Å². The first kappa shape index (κ1) is 13.2. The van der Waals surface area contributed by atoms with E-state index in [1.165, 1.54) is 6.20 Å². The molecule has 5 nitrogen and oxygen atoms in total. The third-order valence-electron chi connectivity index (χ3n) is 3.49. The SMILES string of the molecule is Cc1cc(-c2nc3ccc(N)cc3c[n+]2[O-])cc(C)c1O. The lowest BCUT2D eigenvalue weighted by Crippen LogP contribution is -2.30. The van der Waals surface area contributed by atoms with Gasteiger partial charge in [-0.05, 0) is 60.3 Å². The van der Waals surface area contributed by atoms with Gasteiger partial charge in [0.2, 0.25) is 0 Å². The summed E-state index contributed by atoms with van der Waals surface area (Å²) in [6.07, 6.45) is 1.46. The van der Waals surface area contributed by atoms with Crippen molar-refractivity contribution >= 4 is 16.6 Å². The van der Waals surface area contributed by atoms with E-state index < -0.39 is 0 Å². The smallest absolute Gasteiger partial charge is 0.333 e. The molecule has 3 N–H and O–H groups in total. The van der Waals surface area contributed by atoms with E-state index in [1.807, 2.05) is 0 Å². The van der Waals surface area contributed by atoms with Crippen molar-refractivity contribution in [1.29, 1.82) is 0 Å². The van der Waals surface area contributed by atoms with Gasteiger partial charge in [0.15, 0.2) is 5.52 Å². The summed E-state index contributed by atoms with van der Waals surface area (Å²) >= 11 is 0. The maximum atomic E-state index is 12.2. The van der Waals surface area contributed by atoms with Crippen LogP contribution >= 0.6 is 0 Å². The monoisotopic (exact) mass is 281 g/mol. The number of phenolic OH excluding ortho intramolecular Hbond substituents is 1. The minimum atomic E-state index is 0.241. The molecular weight excluding hydrogens is 266 g/mol. The van der Waals surface area contributed by atoms with Crippen LogP contribution in [0.5, 0.6) is 5.75 Å².